The smallest absolute Gasteiger partial charge is 0.227 e. The molecule has 0 unspecified atom stereocenters. The van der Waals surface area contributed by atoms with E-state index in [2.05, 4.69) is 19.2 Å². The molecule has 122 valence electrons. The second kappa shape index (κ2) is 6.24. The zero-order valence-corrected chi connectivity index (χ0v) is 14.2. The van der Waals surface area contributed by atoms with Crippen LogP contribution in [0, 0.1) is 11.3 Å². The normalized spacial score (nSPS) is 32.7. The highest BCUT2D eigenvalue weighted by Gasteiger charge is 2.54. The number of nitrogens with zero attached hydrogens (tertiary/aromatic N) is 1. The number of hydrogen-bond acceptors (Lipinski definition) is 3. The van der Waals surface area contributed by atoms with Gasteiger partial charge in [0.25, 0.3) is 0 Å². The summed E-state index contributed by atoms with van der Waals surface area (Å²) in [5.41, 5.74) is -0.505. The summed E-state index contributed by atoms with van der Waals surface area (Å²) >= 11 is 0. The molecule has 1 saturated carbocycles. The zero-order valence-electron chi connectivity index (χ0n) is 13.4. The van der Waals surface area contributed by atoms with Crippen LogP contribution >= 0.6 is 0 Å². The second-order valence-electron chi connectivity index (χ2n) is 6.79. The maximum absolute atomic E-state index is 12.8. The van der Waals surface area contributed by atoms with Crippen molar-refractivity contribution in [3.8, 4) is 0 Å². The lowest BCUT2D eigenvalue weighted by atomic mass is 9.67. The summed E-state index contributed by atoms with van der Waals surface area (Å²) in [7, 11) is -3.19. The molecule has 1 amide bonds. The summed E-state index contributed by atoms with van der Waals surface area (Å²) in [6, 6.07) is -0.151. The van der Waals surface area contributed by atoms with Crippen molar-refractivity contribution in [2.45, 2.75) is 58.9 Å². The molecule has 0 radical (unpaired) electrons. The van der Waals surface area contributed by atoms with E-state index in [0.717, 1.165) is 25.7 Å². The molecular weight excluding hydrogens is 288 g/mol. The molecule has 5 nitrogen and oxygen atoms in total. The minimum Gasteiger partial charge on any atom is -0.355 e. The van der Waals surface area contributed by atoms with Crippen LogP contribution in [0.25, 0.3) is 0 Å². The monoisotopic (exact) mass is 316 g/mol. The Labute approximate surface area is 128 Å². The summed E-state index contributed by atoms with van der Waals surface area (Å²) in [4.78, 5) is 12.8. The van der Waals surface area contributed by atoms with Crippen molar-refractivity contribution >= 4 is 15.9 Å². The Morgan fingerprint density at radius 3 is 2.67 bits per heavy atom. The summed E-state index contributed by atoms with van der Waals surface area (Å²) in [6.45, 7) is 7.13. The van der Waals surface area contributed by atoms with Gasteiger partial charge in [-0.1, -0.05) is 33.6 Å². The predicted octanol–water partition coefficient (Wildman–Crippen LogP) is 1.74. The quantitative estimate of drug-likeness (QED) is 0.859. The first-order valence-corrected chi connectivity index (χ1v) is 9.72. The Bertz CT molecular complexity index is 489. The standard InChI is InChI=1S/C15H28N2O3S/c1-4-17-13-7-5-6-8-15(13,9-10-21(17,19)20)14(18)16-11-12(2)3/h12-13H,4-11H2,1-3H3,(H,16,18)/t13-,15-/m1/s1. The van der Waals surface area contributed by atoms with Gasteiger partial charge in [-0.3, -0.25) is 4.79 Å². The van der Waals surface area contributed by atoms with Gasteiger partial charge in [0, 0.05) is 19.1 Å². The van der Waals surface area contributed by atoms with Crippen LogP contribution < -0.4 is 5.32 Å². The third-order valence-electron chi connectivity index (χ3n) is 4.93. The fraction of sp³-hybridized carbons (Fsp3) is 0.933. The summed E-state index contributed by atoms with van der Waals surface area (Å²) in [6.07, 6.45) is 4.12. The first-order valence-electron chi connectivity index (χ1n) is 8.11. The van der Waals surface area contributed by atoms with Crippen LogP contribution in [0.2, 0.25) is 0 Å². The van der Waals surface area contributed by atoms with Crippen molar-refractivity contribution in [1.82, 2.24) is 9.62 Å². The highest BCUT2D eigenvalue weighted by atomic mass is 32.2. The number of fused-ring (bicyclic) bond motifs is 1. The maximum atomic E-state index is 12.8. The van der Waals surface area contributed by atoms with Gasteiger partial charge >= 0.3 is 0 Å². The summed E-state index contributed by atoms with van der Waals surface area (Å²) in [5.74, 6) is 0.572. The van der Waals surface area contributed by atoms with Gasteiger partial charge in [-0.05, 0) is 25.2 Å². The predicted molar refractivity (Wildman–Crippen MR) is 83.3 cm³/mol. The highest BCUT2D eigenvalue weighted by Crippen LogP contribution is 2.46. The summed E-state index contributed by atoms with van der Waals surface area (Å²) < 4.78 is 26.2. The molecule has 0 aromatic heterocycles. The van der Waals surface area contributed by atoms with Gasteiger partial charge in [0.2, 0.25) is 15.9 Å². The van der Waals surface area contributed by atoms with Crippen LogP contribution in [-0.2, 0) is 14.8 Å². The maximum Gasteiger partial charge on any atom is 0.227 e. The van der Waals surface area contributed by atoms with Crippen LogP contribution in [0.5, 0.6) is 0 Å². The molecule has 6 heteroatoms. The van der Waals surface area contributed by atoms with Crippen molar-refractivity contribution in [1.29, 1.82) is 0 Å². The number of amides is 1. The molecule has 1 saturated heterocycles. The van der Waals surface area contributed by atoms with Gasteiger partial charge in [-0.25, -0.2) is 8.42 Å². The Morgan fingerprint density at radius 1 is 1.33 bits per heavy atom. The van der Waals surface area contributed by atoms with Crippen molar-refractivity contribution in [2.75, 3.05) is 18.8 Å². The molecule has 0 bridgehead atoms. The molecule has 1 N–H and O–H groups in total. The van der Waals surface area contributed by atoms with Crippen LogP contribution in [-0.4, -0.2) is 43.5 Å². The molecular formula is C15H28N2O3S. The first-order chi connectivity index (χ1) is 9.83. The molecule has 0 aromatic rings. The lowest BCUT2D eigenvalue weighted by Crippen LogP contribution is -2.62. The molecule has 0 spiro atoms. The van der Waals surface area contributed by atoms with Gasteiger partial charge in [0.15, 0.2) is 0 Å². The number of hydrogen-bond donors (Lipinski definition) is 1. The third-order valence-corrected chi connectivity index (χ3v) is 6.88. The Balaban J connectivity index is 2.27. The first kappa shape index (κ1) is 16.7. The van der Waals surface area contributed by atoms with Crippen molar-refractivity contribution in [3.05, 3.63) is 0 Å². The average molecular weight is 316 g/mol. The Kier molecular flexibility index (Phi) is 4.98. The Morgan fingerprint density at radius 2 is 2.05 bits per heavy atom. The van der Waals surface area contributed by atoms with Gasteiger partial charge in [0.05, 0.1) is 11.2 Å². The van der Waals surface area contributed by atoms with Gasteiger partial charge < -0.3 is 5.32 Å². The molecule has 21 heavy (non-hydrogen) atoms. The van der Waals surface area contributed by atoms with E-state index in [0.29, 0.717) is 25.4 Å². The Hall–Kier alpha value is -0.620. The molecule has 0 aromatic carbocycles. The van der Waals surface area contributed by atoms with E-state index in [1.165, 1.54) is 0 Å². The van der Waals surface area contributed by atoms with E-state index >= 15 is 0 Å². The van der Waals surface area contributed by atoms with Crippen molar-refractivity contribution in [2.24, 2.45) is 11.3 Å². The van der Waals surface area contributed by atoms with Crippen LogP contribution in [0.15, 0.2) is 0 Å². The number of carbonyl (C=O) groups is 1. The van der Waals surface area contributed by atoms with E-state index in [1.807, 2.05) is 6.92 Å². The molecule has 2 atom stereocenters. The third kappa shape index (κ3) is 3.11. The van der Waals surface area contributed by atoms with E-state index < -0.39 is 15.4 Å². The van der Waals surface area contributed by atoms with Gasteiger partial charge in [-0.2, -0.15) is 4.31 Å². The van der Waals surface area contributed by atoms with Crippen molar-refractivity contribution in [3.63, 3.8) is 0 Å². The largest absolute Gasteiger partial charge is 0.355 e. The molecule has 2 aliphatic rings. The fourth-order valence-electron chi connectivity index (χ4n) is 3.82. The SMILES string of the molecule is CCN1[C@@H]2CCCC[C@@]2(C(=O)NCC(C)C)CCS1(=O)=O. The zero-order chi connectivity index (χ0) is 15.7. The van der Waals surface area contributed by atoms with Crippen LogP contribution in [0.4, 0.5) is 0 Å². The topological polar surface area (TPSA) is 66.5 Å². The molecule has 2 fully saturated rings. The van der Waals surface area contributed by atoms with Crippen molar-refractivity contribution < 1.29 is 13.2 Å². The van der Waals surface area contributed by atoms with Crippen LogP contribution in [0.3, 0.4) is 0 Å². The number of carbonyl (C=O) groups excluding carboxylic acids is 1. The fourth-order valence-corrected chi connectivity index (χ4v) is 5.77. The minimum absolute atomic E-state index is 0.0641. The molecule has 1 aliphatic heterocycles. The van der Waals surface area contributed by atoms with E-state index in [4.69, 9.17) is 0 Å². The average Bonchev–Trinajstić information content (AvgIpc) is 2.44. The number of rotatable bonds is 4. The molecule has 2 rings (SSSR count). The molecule has 1 aliphatic carbocycles. The molecule has 1 heterocycles. The highest BCUT2D eigenvalue weighted by molar-refractivity contribution is 7.89. The van der Waals surface area contributed by atoms with E-state index in [1.54, 1.807) is 4.31 Å². The van der Waals surface area contributed by atoms with Crippen LogP contribution in [0.1, 0.15) is 52.9 Å². The summed E-state index contributed by atoms with van der Waals surface area (Å²) in [5, 5.41) is 3.05. The minimum atomic E-state index is -3.19. The lowest BCUT2D eigenvalue weighted by molar-refractivity contribution is -0.137. The second-order valence-corrected chi connectivity index (χ2v) is 8.83. The van der Waals surface area contributed by atoms with E-state index in [-0.39, 0.29) is 17.7 Å². The lowest BCUT2D eigenvalue weighted by Gasteiger charge is -2.50. The van der Waals surface area contributed by atoms with E-state index in [9.17, 15) is 13.2 Å². The van der Waals surface area contributed by atoms with Gasteiger partial charge in [-0.15, -0.1) is 0 Å². The number of sulfonamides is 1. The van der Waals surface area contributed by atoms with Gasteiger partial charge in [0.1, 0.15) is 0 Å². The number of nitrogens with one attached hydrogen (secondary N) is 1.